The molecule has 19 heavy (non-hydrogen) atoms. The Balaban J connectivity index is 2.74. The Morgan fingerprint density at radius 3 is 2.74 bits per heavy atom. The highest BCUT2D eigenvalue weighted by Crippen LogP contribution is 2.30. The number of ether oxygens (including phenoxy) is 1. The van der Waals surface area contributed by atoms with Gasteiger partial charge in [0.25, 0.3) is 0 Å². The second-order valence-electron chi connectivity index (χ2n) is 5.17. The Morgan fingerprint density at radius 2 is 2.16 bits per heavy atom. The molecule has 0 bridgehead atoms. The lowest BCUT2D eigenvalue weighted by molar-refractivity contribution is 0.0997. The van der Waals surface area contributed by atoms with Crippen LogP contribution in [0.5, 0.6) is 5.75 Å². The van der Waals surface area contributed by atoms with Crippen molar-refractivity contribution in [1.29, 1.82) is 0 Å². The van der Waals surface area contributed by atoms with Crippen molar-refractivity contribution in [3.8, 4) is 5.75 Å². The van der Waals surface area contributed by atoms with Gasteiger partial charge in [-0.15, -0.1) is 0 Å². The van der Waals surface area contributed by atoms with Crippen LogP contribution in [0.3, 0.4) is 0 Å². The number of aliphatic hydroxyl groups is 1. The Labute approximate surface area is 119 Å². The minimum absolute atomic E-state index is 0.0807. The summed E-state index contributed by atoms with van der Waals surface area (Å²) in [5.74, 6) is 1.34. The zero-order valence-electron chi connectivity index (χ0n) is 12.1. The van der Waals surface area contributed by atoms with E-state index in [0.717, 1.165) is 5.69 Å². The van der Waals surface area contributed by atoms with Gasteiger partial charge in [0, 0.05) is 12.3 Å². The summed E-state index contributed by atoms with van der Waals surface area (Å²) in [6, 6.07) is 5.62. The van der Waals surface area contributed by atoms with Gasteiger partial charge in [0.1, 0.15) is 5.75 Å². The first kappa shape index (κ1) is 16.0. The molecule has 0 aliphatic rings. The molecule has 1 rings (SSSR count). The number of anilines is 2. The van der Waals surface area contributed by atoms with E-state index in [2.05, 4.69) is 5.32 Å². The summed E-state index contributed by atoms with van der Waals surface area (Å²) < 4.78 is 5.63. The fourth-order valence-corrected chi connectivity index (χ4v) is 2.43. The minimum atomic E-state index is -0.763. The summed E-state index contributed by atoms with van der Waals surface area (Å²) in [5, 5.41) is 13.3. The zero-order valence-corrected chi connectivity index (χ0v) is 12.9. The van der Waals surface area contributed by atoms with Crippen molar-refractivity contribution in [3.63, 3.8) is 0 Å². The van der Waals surface area contributed by atoms with Gasteiger partial charge in [-0.2, -0.15) is 11.8 Å². The van der Waals surface area contributed by atoms with Gasteiger partial charge in [0.15, 0.2) is 0 Å². The van der Waals surface area contributed by atoms with Crippen LogP contribution in [0, 0.1) is 0 Å². The molecular weight excluding hydrogens is 260 g/mol. The van der Waals surface area contributed by atoms with Crippen LogP contribution in [-0.2, 0) is 0 Å². The Hall–Kier alpha value is -1.07. The maximum absolute atomic E-state index is 10.1. The summed E-state index contributed by atoms with van der Waals surface area (Å²) >= 11 is 1.61. The van der Waals surface area contributed by atoms with Crippen LogP contribution in [0.1, 0.15) is 20.8 Å². The molecule has 0 saturated heterocycles. The highest BCUT2D eigenvalue weighted by atomic mass is 32.2. The van der Waals surface area contributed by atoms with Crippen LogP contribution in [-0.4, -0.2) is 35.4 Å². The molecule has 108 valence electrons. The fourth-order valence-electron chi connectivity index (χ4n) is 1.70. The molecular formula is C14H24N2O2S. The number of nitrogens with two attached hydrogens (primary N) is 1. The van der Waals surface area contributed by atoms with Crippen molar-refractivity contribution >= 4 is 23.1 Å². The fraction of sp³-hybridized carbons (Fsp3) is 0.571. The third kappa shape index (κ3) is 5.20. The topological polar surface area (TPSA) is 67.5 Å². The Morgan fingerprint density at radius 1 is 1.47 bits per heavy atom. The molecule has 0 fully saturated rings. The molecule has 4 nitrogen and oxygen atoms in total. The smallest absolute Gasteiger partial charge is 0.144 e. The van der Waals surface area contributed by atoms with E-state index in [4.69, 9.17) is 10.5 Å². The maximum atomic E-state index is 10.1. The Kier molecular flexibility index (Phi) is 5.82. The van der Waals surface area contributed by atoms with Gasteiger partial charge >= 0.3 is 0 Å². The number of nitrogen functional groups attached to an aromatic ring is 1. The van der Waals surface area contributed by atoms with E-state index in [-0.39, 0.29) is 6.10 Å². The number of para-hydroxylation sites is 1. The third-order valence-electron chi connectivity index (χ3n) is 2.54. The van der Waals surface area contributed by atoms with Gasteiger partial charge in [-0.3, -0.25) is 0 Å². The molecule has 1 aromatic carbocycles. The molecule has 1 atom stereocenters. The van der Waals surface area contributed by atoms with E-state index >= 15 is 0 Å². The van der Waals surface area contributed by atoms with E-state index in [1.807, 2.05) is 38.3 Å². The van der Waals surface area contributed by atoms with Crippen LogP contribution >= 0.6 is 11.8 Å². The monoisotopic (exact) mass is 284 g/mol. The summed E-state index contributed by atoms with van der Waals surface area (Å²) in [4.78, 5) is 0. The lowest BCUT2D eigenvalue weighted by Crippen LogP contribution is -2.36. The van der Waals surface area contributed by atoms with Crippen LogP contribution in [0.2, 0.25) is 0 Å². The van der Waals surface area contributed by atoms with Gasteiger partial charge in [-0.25, -0.2) is 0 Å². The van der Waals surface area contributed by atoms with Crippen molar-refractivity contribution in [2.75, 3.05) is 29.6 Å². The molecule has 0 amide bonds. The standard InChI is InChI=1S/C14H24N2O2S/c1-10(2)18-12-7-5-6-11(13(12)15)16-8-14(3,17)9-19-4/h5-7,10,16-17H,8-9,15H2,1-4H3. The number of thioether (sulfide) groups is 1. The largest absolute Gasteiger partial charge is 0.489 e. The molecule has 4 N–H and O–H groups in total. The number of nitrogens with one attached hydrogen (secondary N) is 1. The van der Waals surface area contributed by atoms with E-state index in [1.54, 1.807) is 18.7 Å². The summed E-state index contributed by atoms with van der Waals surface area (Å²) in [5.41, 5.74) is 6.67. The normalized spacial score (nSPS) is 14.2. The van der Waals surface area contributed by atoms with Crippen molar-refractivity contribution in [2.45, 2.75) is 32.5 Å². The lowest BCUT2D eigenvalue weighted by atomic mass is 10.1. The molecule has 1 aromatic rings. The second kappa shape index (κ2) is 6.91. The van der Waals surface area contributed by atoms with Gasteiger partial charge < -0.3 is 20.9 Å². The van der Waals surface area contributed by atoms with E-state index in [0.29, 0.717) is 23.7 Å². The van der Waals surface area contributed by atoms with Crippen LogP contribution in [0.15, 0.2) is 18.2 Å². The number of rotatable bonds is 7. The number of benzene rings is 1. The summed E-state index contributed by atoms with van der Waals surface area (Å²) in [6.45, 7) is 6.18. The molecule has 0 saturated carbocycles. The molecule has 0 heterocycles. The number of hydrogen-bond donors (Lipinski definition) is 3. The predicted molar refractivity (Wildman–Crippen MR) is 84.1 cm³/mol. The summed E-state index contributed by atoms with van der Waals surface area (Å²) in [6.07, 6.45) is 2.05. The highest BCUT2D eigenvalue weighted by Gasteiger charge is 2.19. The molecule has 0 aliphatic heterocycles. The average molecular weight is 284 g/mol. The van der Waals surface area contributed by atoms with Crippen molar-refractivity contribution in [2.24, 2.45) is 0 Å². The molecule has 1 unspecified atom stereocenters. The average Bonchev–Trinajstić information content (AvgIpc) is 2.29. The maximum Gasteiger partial charge on any atom is 0.144 e. The van der Waals surface area contributed by atoms with Crippen LogP contribution in [0.25, 0.3) is 0 Å². The van der Waals surface area contributed by atoms with Crippen LogP contribution < -0.4 is 15.8 Å². The quantitative estimate of drug-likeness (QED) is 0.672. The molecule has 0 aromatic heterocycles. The van der Waals surface area contributed by atoms with Crippen molar-refractivity contribution < 1.29 is 9.84 Å². The SMILES string of the molecule is CSCC(C)(O)CNc1cccc(OC(C)C)c1N. The molecule has 0 spiro atoms. The Bertz CT molecular complexity index is 408. The van der Waals surface area contributed by atoms with Crippen molar-refractivity contribution in [3.05, 3.63) is 18.2 Å². The zero-order chi connectivity index (χ0) is 14.5. The van der Waals surface area contributed by atoms with E-state index in [1.165, 1.54) is 0 Å². The predicted octanol–water partition coefficient (Wildman–Crippen LogP) is 2.58. The van der Waals surface area contributed by atoms with Gasteiger partial charge in [-0.05, 0) is 39.2 Å². The first-order chi connectivity index (χ1) is 8.85. The van der Waals surface area contributed by atoms with Crippen LogP contribution in [0.4, 0.5) is 11.4 Å². The third-order valence-corrected chi connectivity index (χ3v) is 3.45. The van der Waals surface area contributed by atoms with Gasteiger partial charge in [0.2, 0.25) is 0 Å². The van der Waals surface area contributed by atoms with E-state index < -0.39 is 5.60 Å². The first-order valence-corrected chi connectivity index (χ1v) is 7.75. The number of hydrogen-bond acceptors (Lipinski definition) is 5. The molecule has 0 radical (unpaired) electrons. The second-order valence-corrected chi connectivity index (χ2v) is 6.03. The van der Waals surface area contributed by atoms with E-state index in [9.17, 15) is 5.11 Å². The van der Waals surface area contributed by atoms with Gasteiger partial charge in [0.05, 0.1) is 23.1 Å². The minimum Gasteiger partial charge on any atom is -0.489 e. The summed E-state index contributed by atoms with van der Waals surface area (Å²) in [7, 11) is 0. The van der Waals surface area contributed by atoms with Crippen molar-refractivity contribution in [1.82, 2.24) is 0 Å². The highest BCUT2D eigenvalue weighted by molar-refractivity contribution is 7.98. The lowest BCUT2D eigenvalue weighted by Gasteiger charge is -2.24. The van der Waals surface area contributed by atoms with Gasteiger partial charge in [-0.1, -0.05) is 6.07 Å². The molecule has 5 heteroatoms. The molecule has 0 aliphatic carbocycles. The first-order valence-electron chi connectivity index (χ1n) is 6.36.